The van der Waals surface area contributed by atoms with Gasteiger partial charge in [0.25, 0.3) is 0 Å². The molecule has 3 heterocycles. The van der Waals surface area contributed by atoms with Gasteiger partial charge in [0.1, 0.15) is 0 Å². The minimum absolute atomic E-state index is 0.909. The summed E-state index contributed by atoms with van der Waals surface area (Å²) in [5.41, 5.74) is 0. The molecule has 0 amide bonds. The fraction of sp³-hybridized carbons (Fsp3) is 0.750. The summed E-state index contributed by atoms with van der Waals surface area (Å²) in [5, 5.41) is 11.9. The molecule has 3 aliphatic heterocycles. The van der Waals surface area contributed by atoms with E-state index >= 15 is 0 Å². The van der Waals surface area contributed by atoms with Crippen LogP contribution in [0, 0.1) is 0 Å². The summed E-state index contributed by atoms with van der Waals surface area (Å²) in [4.78, 5) is 9.16. The van der Waals surface area contributed by atoms with E-state index in [0.717, 1.165) is 54.8 Å². The molecule has 6 nitrogen and oxygen atoms in total. The first-order valence-electron chi connectivity index (χ1n) is 7.80. The second-order valence-electron chi connectivity index (χ2n) is 4.86. The predicted molar refractivity (Wildman–Crippen MR) is 121 cm³/mol. The van der Waals surface area contributed by atoms with Gasteiger partial charge in [0.05, 0.1) is 39.3 Å². The number of amidine groups is 3. The second kappa shape index (κ2) is 18.6. The Hall–Kier alpha value is 1.21. The molecule has 0 saturated carbocycles. The summed E-state index contributed by atoms with van der Waals surface area (Å²) in [6, 6.07) is 0. The Bertz CT molecular complexity index is 381. The van der Waals surface area contributed by atoms with E-state index in [2.05, 4.69) is 68.8 Å². The van der Waals surface area contributed by atoms with E-state index in [0.29, 0.717) is 0 Å². The number of nitrogens with one attached hydrogen (secondary N) is 6. The normalized spacial score (nSPS) is 18.6. The van der Waals surface area contributed by atoms with E-state index < -0.39 is 18.2 Å². The standard InChI is InChI=1S/3C4H8N2S.Bi.3ClH/c3*7-4-5-2-1-3-6-4;;;;/h3*1-3H2,(H2,5,6,7);;3*1H/q;;;+3;;;. The van der Waals surface area contributed by atoms with Crippen LogP contribution in [0.15, 0.2) is 0 Å². The fourth-order valence-electron chi connectivity index (χ4n) is 1.69. The van der Waals surface area contributed by atoms with Gasteiger partial charge < -0.3 is 0 Å². The Morgan fingerprint density at radius 1 is 0.640 bits per heavy atom. The van der Waals surface area contributed by atoms with Gasteiger partial charge in [-0.3, -0.25) is 30.9 Å². The van der Waals surface area contributed by atoms with Crippen LogP contribution in [0.25, 0.3) is 0 Å². The SMILES string of the molecule is SC1=[NH+]CCCN1.SC1=[NH+]CCCN1.SC1=[NH+]CCCN1.[Cl][Bi]([Cl])[Cl]. The molecule has 13 heteroatoms. The van der Waals surface area contributed by atoms with Crippen molar-refractivity contribution in [3.8, 4) is 0 Å². The molecule has 0 fully saturated rings. The molecule has 0 radical (unpaired) electrons. The van der Waals surface area contributed by atoms with Crippen molar-refractivity contribution in [2.75, 3.05) is 39.3 Å². The number of hydrogen-bond acceptors (Lipinski definition) is 3. The third-order valence-electron chi connectivity index (χ3n) is 2.82. The summed E-state index contributed by atoms with van der Waals surface area (Å²) in [5.74, 6) is 0. The topological polar surface area (TPSA) is 78.0 Å². The van der Waals surface area contributed by atoms with Gasteiger partial charge in [-0.25, -0.2) is 0 Å². The van der Waals surface area contributed by atoms with Gasteiger partial charge in [-0.2, -0.15) is 0 Å². The third kappa shape index (κ3) is 21.4. The van der Waals surface area contributed by atoms with Crippen molar-refractivity contribution in [3.63, 3.8) is 0 Å². The fourth-order valence-corrected chi connectivity index (χ4v) is 2.36. The Morgan fingerprint density at radius 2 is 0.880 bits per heavy atom. The average Bonchev–Trinajstić information content (AvgIpc) is 2.58. The quantitative estimate of drug-likeness (QED) is 0.101. The summed E-state index contributed by atoms with van der Waals surface area (Å²) in [6.07, 6.45) is 3.60. The van der Waals surface area contributed by atoms with E-state index in [1.165, 1.54) is 19.3 Å². The van der Waals surface area contributed by atoms with Crippen LogP contribution in [0.1, 0.15) is 19.3 Å². The minimum atomic E-state index is -2.18. The van der Waals surface area contributed by atoms with Gasteiger partial charge >= 0.3 is 59.2 Å². The number of halogens is 3. The summed E-state index contributed by atoms with van der Waals surface area (Å²) >= 11 is 9.99. The number of thiol groups is 3. The molecule has 146 valence electrons. The molecule has 3 aliphatic rings. The van der Waals surface area contributed by atoms with Gasteiger partial charge in [0, 0.05) is 19.3 Å². The van der Waals surface area contributed by atoms with Crippen LogP contribution in [0.2, 0.25) is 0 Å². The van der Waals surface area contributed by atoms with Gasteiger partial charge in [0.2, 0.25) is 0 Å². The van der Waals surface area contributed by atoms with Crippen LogP contribution < -0.4 is 30.9 Å². The summed E-state index contributed by atoms with van der Waals surface area (Å²) in [7, 11) is 15.0. The first kappa shape index (κ1) is 26.2. The Morgan fingerprint density at radius 3 is 0.960 bits per heavy atom. The predicted octanol–water partition coefficient (Wildman–Crippen LogP) is -3.27. The molecule has 0 unspecified atom stereocenters. The van der Waals surface area contributed by atoms with Crippen molar-refractivity contribution < 1.29 is 15.0 Å². The molecule has 0 atom stereocenters. The van der Waals surface area contributed by atoms with E-state index in [-0.39, 0.29) is 0 Å². The van der Waals surface area contributed by atoms with Crippen molar-refractivity contribution in [2.45, 2.75) is 19.3 Å². The van der Waals surface area contributed by atoms with E-state index in [9.17, 15) is 0 Å². The molecule has 0 aromatic rings. The van der Waals surface area contributed by atoms with Crippen molar-refractivity contribution in [3.05, 3.63) is 0 Å². The molecule has 25 heavy (non-hydrogen) atoms. The second-order valence-corrected chi connectivity index (χ2v) is 21.1. The first-order valence-corrected chi connectivity index (χ1v) is 22.0. The molecule has 0 saturated heterocycles. The van der Waals surface area contributed by atoms with Crippen molar-refractivity contribution >= 4 is 97.1 Å². The van der Waals surface area contributed by atoms with Crippen LogP contribution in [-0.4, -0.2) is 72.9 Å². The van der Waals surface area contributed by atoms with Crippen molar-refractivity contribution in [1.29, 1.82) is 0 Å². The molecule has 0 aromatic heterocycles. The van der Waals surface area contributed by atoms with Gasteiger partial charge in [-0.05, 0) is 0 Å². The maximum absolute atomic E-state index is 5.01. The van der Waals surface area contributed by atoms with Gasteiger partial charge in [-0.15, -0.1) is 0 Å². The Balaban J connectivity index is 0.000000314. The van der Waals surface area contributed by atoms with Crippen LogP contribution in [-0.2, 0) is 0 Å². The van der Waals surface area contributed by atoms with E-state index in [1.807, 2.05) is 0 Å². The molecule has 0 aromatic carbocycles. The van der Waals surface area contributed by atoms with E-state index in [1.54, 1.807) is 0 Å². The first-order chi connectivity index (χ1) is 11.9. The zero-order valence-electron chi connectivity index (χ0n) is 13.8. The van der Waals surface area contributed by atoms with Crippen molar-refractivity contribution in [2.24, 2.45) is 0 Å². The monoisotopic (exact) mass is 665 g/mol. The summed E-state index contributed by atoms with van der Waals surface area (Å²) < 4.78 is 0. The van der Waals surface area contributed by atoms with Crippen molar-refractivity contribution in [1.82, 2.24) is 16.0 Å². The maximum atomic E-state index is 5.01. The third-order valence-corrected chi connectivity index (χ3v) is 3.76. The van der Waals surface area contributed by atoms with E-state index in [4.69, 9.17) is 25.5 Å². The molecular weight excluding hydrogens is 640 g/mol. The Kier molecular flexibility index (Phi) is 19.5. The number of rotatable bonds is 0. The zero-order valence-corrected chi connectivity index (χ0v) is 22.2. The molecule has 0 bridgehead atoms. The number of hydrogen-bond donors (Lipinski definition) is 9. The molecule has 0 aliphatic carbocycles. The average molecular weight is 667 g/mol. The molecular formula is C12H27BiCl3N6S3+3. The Labute approximate surface area is 185 Å². The summed E-state index contributed by atoms with van der Waals surface area (Å²) in [6.45, 7) is 6.37. The van der Waals surface area contributed by atoms with Crippen LogP contribution in [0.3, 0.4) is 0 Å². The van der Waals surface area contributed by atoms with Crippen LogP contribution in [0.4, 0.5) is 0 Å². The van der Waals surface area contributed by atoms with Crippen LogP contribution >= 0.6 is 63.4 Å². The van der Waals surface area contributed by atoms with Gasteiger partial charge in [-0.1, -0.05) is 37.9 Å². The molecule has 6 N–H and O–H groups in total. The zero-order chi connectivity index (χ0) is 18.9. The van der Waals surface area contributed by atoms with Gasteiger partial charge in [0.15, 0.2) is 0 Å². The molecule has 0 spiro atoms. The van der Waals surface area contributed by atoms with Crippen LogP contribution in [0.5, 0.6) is 0 Å². The molecule has 3 rings (SSSR count).